The van der Waals surface area contributed by atoms with Gasteiger partial charge in [0.15, 0.2) is 10.9 Å². The van der Waals surface area contributed by atoms with Crippen LogP contribution < -0.4 is 10.1 Å². The number of ether oxygens (including phenoxy) is 1. The number of aromatic nitrogens is 1. The van der Waals surface area contributed by atoms with Gasteiger partial charge in [0.2, 0.25) is 0 Å². The molecule has 120 valence electrons. The molecule has 3 rings (SSSR count). The van der Waals surface area contributed by atoms with Crippen LogP contribution in [-0.4, -0.2) is 10.9 Å². The third-order valence-corrected chi connectivity index (χ3v) is 3.65. The topological polar surface area (TPSA) is 51.2 Å². The molecule has 0 fully saturated rings. The zero-order valence-corrected chi connectivity index (χ0v) is 13.5. The first-order valence-electron chi connectivity index (χ1n) is 7.41. The van der Waals surface area contributed by atoms with Gasteiger partial charge < -0.3 is 10.1 Å². The van der Waals surface area contributed by atoms with E-state index >= 15 is 0 Å². The summed E-state index contributed by atoms with van der Waals surface area (Å²) in [5.41, 5.74) is 2.29. The molecular weight excluding hydrogens is 324 g/mol. The fourth-order valence-electron chi connectivity index (χ4n) is 2.12. The van der Waals surface area contributed by atoms with Crippen molar-refractivity contribution in [2.24, 2.45) is 0 Å². The van der Waals surface area contributed by atoms with Gasteiger partial charge in [0.25, 0.3) is 5.91 Å². The summed E-state index contributed by atoms with van der Waals surface area (Å²) in [6, 6.07) is 20.1. The van der Waals surface area contributed by atoms with Crippen LogP contribution in [0.2, 0.25) is 5.15 Å². The van der Waals surface area contributed by atoms with Crippen LogP contribution in [0.1, 0.15) is 15.9 Å². The highest BCUT2D eigenvalue weighted by molar-refractivity contribution is 6.30. The Morgan fingerprint density at radius 3 is 2.46 bits per heavy atom. The van der Waals surface area contributed by atoms with Gasteiger partial charge >= 0.3 is 0 Å². The van der Waals surface area contributed by atoms with Gasteiger partial charge in [-0.3, -0.25) is 4.79 Å². The van der Waals surface area contributed by atoms with E-state index in [0.717, 1.165) is 11.3 Å². The Morgan fingerprint density at radius 2 is 1.75 bits per heavy atom. The molecule has 4 nitrogen and oxygen atoms in total. The minimum atomic E-state index is -0.149. The lowest BCUT2D eigenvalue weighted by Gasteiger charge is -2.08. The highest BCUT2D eigenvalue weighted by Crippen LogP contribution is 2.21. The summed E-state index contributed by atoms with van der Waals surface area (Å²) < 4.78 is 5.62. The van der Waals surface area contributed by atoms with Crippen LogP contribution in [0.25, 0.3) is 0 Å². The minimum absolute atomic E-state index is 0.149. The Kier molecular flexibility index (Phi) is 5.08. The number of anilines is 1. The molecule has 1 aromatic heterocycles. The average Bonchev–Trinajstić information content (AvgIpc) is 2.62. The number of halogens is 1. The van der Waals surface area contributed by atoms with Gasteiger partial charge in [0.05, 0.1) is 0 Å². The normalized spacial score (nSPS) is 10.2. The van der Waals surface area contributed by atoms with Crippen molar-refractivity contribution in [3.8, 4) is 5.75 Å². The number of nitrogens with one attached hydrogen (secondary N) is 1. The van der Waals surface area contributed by atoms with E-state index in [2.05, 4.69) is 10.3 Å². The second-order valence-electron chi connectivity index (χ2n) is 5.10. The van der Waals surface area contributed by atoms with E-state index in [1.165, 1.54) is 0 Å². The third-order valence-electron chi connectivity index (χ3n) is 3.37. The van der Waals surface area contributed by atoms with Gasteiger partial charge in [0.1, 0.15) is 6.61 Å². The molecule has 0 aliphatic rings. The Morgan fingerprint density at radius 1 is 1.00 bits per heavy atom. The molecule has 24 heavy (non-hydrogen) atoms. The molecule has 1 heterocycles. The maximum Gasteiger partial charge on any atom is 0.255 e. The van der Waals surface area contributed by atoms with E-state index in [4.69, 9.17) is 16.3 Å². The van der Waals surface area contributed by atoms with Gasteiger partial charge in [-0.1, -0.05) is 41.9 Å². The van der Waals surface area contributed by atoms with Crippen molar-refractivity contribution >= 4 is 23.2 Å². The monoisotopic (exact) mass is 338 g/mol. The third kappa shape index (κ3) is 4.12. The first kappa shape index (κ1) is 16.0. The largest absolute Gasteiger partial charge is 0.486 e. The molecule has 0 aliphatic carbocycles. The lowest BCUT2D eigenvalue weighted by Crippen LogP contribution is -2.11. The molecule has 0 saturated heterocycles. The van der Waals surface area contributed by atoms with Crippen molar-refractivity contribution < 1.29 is 9.53 Å². The second kappa shape index (κ2) is 7.62. The van der Waals surface area contributed by atoms with Crippen molar-refractivity contribution in [2.75, 3.05) is 5.32 Å². The van der Waals surface area contributed by atoms with E-state index in [9.17, 15) is 4.79 Å². The quantitative estimate of drug-likeness (QED) is 0.693. The van der Waals surface area contributed by atoms with Crippen LogP contribution >= 0.6 is 11.6 Å². The summed E-state index contributed by atoms with van der Waals surface area (Å²) in [5.74, 6) is 0.383. The number of hydrogen-bond donors (Lipinski definition) is 1. The molecule has 0 spiro atoms. The first-order chi connectivity index (χ1) is 11.7. The van der Waals surface area contributed by atoms with Crippen molar-refractivity contribution in [2.45, 2.75) is 6.61 Å². The number of para-hydroxylation sites is 1. The second-order valence-corrected chi connectivity index (χ2v) is 5.46. The van der Waals surface area contributed by atoms with E-state index in [-0.39, 0.29) is 5.91 Å². The molecule has 1 N–H and O–H groups in total. The van der Waals surface area contributed by atoms with E-state index in [1.807, 2.05) is 42.5 Å². The number of hydrogen-bond acceptors (Lipinski definition) is 3. The summed E-state index contributed by atoms with van der Waals surface area (Å²) in [7, 11) is 0. The summed E-state index contributed by atoms with van der Waals surface area (Å²) >= 11 is 5.95. The SMILES string of the molecule is O=C(Nc1ccccc1)c1ccc(COc2cccnc2Cl)cc1. The van der Waals surface area contributed by atoms with Crippen LogP contribution in [0.4, 0.5) is 5.69 Å². The standard InChI is InChI=1S/C19H15ClN2O2/c20-18-17(7-4-12-21-18)24-13-14-8-10-15(11-9-14)19(23)22-16-5-2-1-3-6-16/h1-12H,13H2,(H,22,23). The number of nitrogens with zero attached hydrogens (tertiary/aromatic N) is 1. The predicted molar refractivity (Wildman–Crippen MR) is 94.4 cm³/mol. The van der Waals surface area contributed by atoms with Crippen LogP contribution in [0.3, 0.4) is 0 Å². The number of carbonyl (C=O) groups excluding carboxylic acids is 1. The van der Waals surface area contributed by atoms with E-state index in [0.29, 0.717) is 23.1 Å². The highest BCUT2D eigenvalue weighted by Gasteiger charge is 2.06. The molecular formula is C19H15ClN2O2. The molecule has 5 heteroatoms. The molecule has 0 atom stereocenters. The number of rotatable bonds is 5. The molecule has 0 bridgehead atoms. The van der Waals surface area contributed by atoms with Gasteiger partial charge in [-0.25, -0.2) is 4.98 Å². The van der Waals surface area contributed by atoms with E-state index < -0.39 is 0 Å². The van der Waals surface area contributed by atoms with Gasteiger partial charge in [-0.05, 0) is 42.0 Å². The molecule has 0 saturated carbocycles. The van der Waals surface area contributed by atoms with Crippen LogP contribution in [0, 0.1) is 0 Å². The predicted octanol–water partition coefficient (Wildman–Crippen LogP) is 4.57. The zero-order valence-electron chi connectivity index (χ0n) is 12.8. The summed E-state index contributed by atoms with van der Waals surface area (Å²) in [6.45, 7) is 0.353. The lowest BCUT2D eigenvalue weighted by atomic mass is 10.1. The number of amides is 1. The Bertz CT molecular complexity index is 820. The lowest BCUT2D eigenvalue weighted by molar-refractivity contribution is 0.102. The maximum absolute atomic E-state index is 12.2. The van der Waals surface area contributed by atoms with Crippen LogP contribution in [-0.2, 0) is 6.61 Å². The smallest absolute Gasteiger partial charge is 0.255 e. The average molecular weight is 339 g/mol. The van der Waals surface area contributed by atoms with Crippen molar-refractivity contribution in [1.82, 2.24) is 4.98 Å². The Labute approximate surface area is 145 Å². The summed E-state index contributed by atoms with van der Waals surface area (Å²) in [4.78, 5) is 16.1. The Hall–Kier alpha value is -2.85. The summed E-state index contributed by atoms with van der Waals surface area (Å²) in [5, 5.41) is 3.18. The van der Waals surface area contributed by atoms with Gasteiger partial charge in [-0.2, -0.15) is 0 Å². The molecule has 0 aliphatic heterocycles. The summed E-state index contributed by atoms with van der Waals surface area (Å²) in [6.07, 6.45) is 1.61. The maximum atomic E-state index is 12.2. The zero-order chi connectivity index (χ0) is 16.8. The molecule has 3 aromatic rings. The molecule has 0 radical (unpaired) electrons. The van der Waals surface area contributed by atoms with Gasteiger partial charge in [0, 0.05) is 17.4 Å². The molecule has 2 aromatic carbocycles. The van der Waals surface area contributed by atoms with Crippen molar-refractivity contribution in [3.63, 3.8) is 0 Å². The van der Waals surface area contributed by atoms with Crippen LogP contribution in [0.5, 0.6) is 5.75 Å². The highest BCUT2D eigenvalue weighted by atomic mass is 35.5. The van der Waals surface area contributed by atoms with Gasteiger partial charge in [-0.15, -0.1) is 0 Å². The fourth-order valence-corrected chi connectivity index (χ4v) is 2.29. The molecule has 1 amide bonds. The van der Waals surface area contributed by atoms with Crippen LogP contribution in [0.15, 0.2) is 72.9 Å². The number of pyridine rings is 1. The number of benzene rings is 2. The molecule has 0 unspecified atom stereocenters. The minimum Gasteiger partial charge on any atom is -0.486 e. The van der Waals surface area contributed by atoms with Crippen molar-refractivity contribution in [1.29, 1.82) is 0 Å². The van der Waals surface area contributed by atoms with Crippen molar-refractivity contribution in [3.05, 3.63) is 89.2 Å². The number of carbonyl (C=O) groups is 1. The first-order valence-corrected chi connectivity index (χ1v) is 7.79. The Balaban J connectivity index is 1.61. The fraction of sp³-hybridized carbons (Fsp3) is 0.0526. The van der Waals surface area contributed by atoms with E-state index in [1.54, 1.807) is 30.5 Å².